The standard InChI is InChI=1S/C13H17ClN2O2/c14-9-2-4-12(15)11(6-9)13(18)16-7-8-1-3-10(17)5-8/h2,4,6,8,10,17H,1,3,5,7,15H2,(H,16,18). The number of aliphatic hydroxyl groups excluding tert-OH is 1. The number of halogens is 1. The highest BCUT2D eigenvalue weighted by molar-refractivity contribution is 6.31. The number of aliphatic hydroxyl groups is 1. The average molecular weight is 269 g/mol. The summed E-state index contributed by atoms with van der Waals surface area (Å²) in [5, 5.41) is 12.7. The Morgan fingerprint density at radius 1 is 1.50 bits per heavy atom. The van der Waals surface area contributed by atoms with Gasteiger partial charge in [0, 0.05) is 17.3 Å². The monoisotopic (exact) mass is 268 g/mol. The molecule has 4 N–H and O–H groups in total. The minimum Gasteiger partial charge on any atom is -0.398 e. The topological polar surface area (TPSA) is 75.4 Å². The molecule has 98 valence electrons. The zero-order valence-corrected chi connectivity index (χ0v) is 10.8. The van der Waals surface area contributed by atoms with E-state index in [-0.39, 0.29) is 12.0 Å². The Bertz CT molecular complexity index is 451. The van der Waals surface area contributed by atoms with Crippen molar-refractivity contribution in [3.63, 3.8) is 0 Å². The number of nitrogens with two attached hydrogens (primary N) is 1. The second-order valence-electron chi connectivity index (χ2n) is 4.77. The fraction of sp³-hybridized carbons (Fsp3) is 0.462. The molecular formula is C13H17ClN2O2. The van der Waals surface area contributed by atoms with E-state index in [1.807, 2.05) is 0 Å². The van der Waals surface area contributed by atoms with Crippen LogP contribution < -0.4 is 11.1 Å². The van der Waals surface area contributed by atoms with Gasteiger partial charge in [0.2, 0.25) is 0 Å². The molecule has 1 fully saturated rings. The second-order valence-corrected chi connectivity index (χ2v) is 5.21. The molecule has 0 heterocycles. The van der Waals surface area contributed by atoms with Crippen LogP contribution in [0.15, 0.2) is 18.2 Å². The van der Waals surface area contributed by atoms with Crippen LogP contribution in [-0.2, 0) is 0 Å². The third-order valence-corrected chi connectivity index (χ3v) is 3.56. The summed E-state index contributed by atoms with van der Waals surface area (Å²) in [6, 6.07) is 4.84. The molecule has 0 aliphatic heterocycles. The van der Waals surface area contributed by atoms with Gasteiger partial charge in [-0.25, -0.2) is 0 Å². The van der Waals surface area contributed by atoms with Gasteiger partial charge >= 0.3 is 0 Å². The van der Waals surface area contributed by atoms with Gasteiger partial charge in [-0.1, -0.05) is 11.6 Å². The third kappa shape index (κ3) is 3.15. The Morgan fingerprint density at radius 2 is 2.28 bits per heavy atom. The maximum atomic E-state index is 11.9. The summed E-state index contributed by atoms with van der Waals surface area (Å²) in [6.45, 7) is 0.571. The number of carbonyl (C=O) groups is 1. The lowest BCUT2D eigenvalue weighted by Crippen LogP contribution is -2.29. The van der Waals surface area contributed by atoms with E-state index in [9.17, 15) is 9.90 Å². The molecule has 0 radical (unpaired) electrons. The number of benzene rings is 1. The molecular weight excluding hydrogens is 252 g/mol. The van der Waals surface area contributed by atoms with Gasteiger partial charge in [0.1, 0.15) is 0 Å². The van der Waals surface area contributed by atoms with Crippen molar-refractivity contribution in [2.75, 3.05) is 12.3 Å². The van der Waals surface area contributed by atoms with Crippen molar-refractivity contribution in [3.8, 4) is 0 Å². The molecule has 2 unspecified atom stereocenters. The van der Waals surface area contributed by atoms with Gasteiger partial charge < -0.3 is 16.2 Å². The van der Waals surface area contributed by atoms with Crippen molar-refractivity contribution in [1.29, 1.82) is 0 Å². The Labute approximate surface area is 111 Å². The molecule has 1 amide bonds. The third-order valence-electron chi connectivity index (χ3n) is 3.32. The first-order valence-electron chi connectivity index (χ1n) is 6.07. The molecule has 4 nitrogen and oxygen atoms in total. The highest BCUT2D eigenvalue weighted by Crippen LogP contribution is 2.25. The fourth-order valence-electron chi connectivity index (χ4n) is 2.29. The molecule has 5 heteroatoms. The molecule has 1 aliphatic carbocycles. The Hall–Kier alpha value is -1.26. The SMILES string of the molecule is Nc1ccc(Cl)cc1C(=O)NCC1CCC(O)C1. The molecule has 0 spiro atoms. The lowest BCUT2D eigenvalue weighted by atomic mass is 10.1. The molecule has 2 atom stereocenters. The zero-order valence-electron chi connectivity index (χ0n) is 10.0. The highest BCUT2D eigenvalue weighted by Gasteiger charge is 2.23. The van der Waals surface area contributed by atoms with Gasteiger partial charge in [0.15, 0.2) is 0 Å². The molecule has 1 aromatic carbocycles. The maximum absolute atomic E-state index is 11.9. The van der Waals surface area contributed by atoms with Gasteiger partial charge in [-0.3, -0.25) is 4.79 Å². The summed E-state index contributed by atoms with van der Waals surface area (Å²) in [5.74, 6) is 0.140. The number of hydrogen-bond acceptors (Lipinski definition) is 3. The smallest absolute Gasteiger partial charge is 0.253 e. The van der Waals surface area contributed by atoms with E-state index >= 15 is 0 Å². The molecule has 2 rings (SSSR count). The quantitative estimate of drug-likeness (QED) is 0.732. The van der Waals surface area contributed by atoms with Crippen LogP contribution in [0, 0.1) is 5.92 Å². The molecule has 1 saturated carbocycles. The molecule has 0 aromatic heterocycles. The molecule has 1 aliphatic rings. The van der Waals surface area contributed by atoms with Crippen molar-refractivity contribution in [2.24, 2.45) is 5.92 Å². The van der Waals surface area contributed by atoms with Gasteiger partial charge in [-0.15, -0.1) is 0 Å². The van der Waals surface area contributed by atoms with Crippen molar-refractivity contribution in [2.45, 2.75) is 25.4 Å². The number of nitrogen functional groups attached to an aromatic ring is 1. The second kappa shape index (κ2) is 5.59. The number of nitrogens with one attached hydrogen (secondary N) is 1. The average Bonchev–Trinajstić information content (AvgIpc) is 2.75. The predicted octanol–water partition coefficient (Wildman–Crippen LogP) is 1.81. The van der Waals surface area contributed by atoms with Crippen LogP contribution in [-0.4, -0.2) is 23.7 Å². The lowest BCUT2D eigenvalue weighted by Gasteiger charge is -2.12. The highest BCUT2D eigenvalue weighted by atomic mass is 35.5. The first kappa shape index (κ1) is 13.2. The van der Waals surface area contributed by atoms with Crippen molar-refractivity contribution < 1.29 is 9.90 Å². The van der Waals surface area contributed by atoms with E-state index in [1.165, 1.54) is 0 Å². The number of anilines is 1. The summed E-state index contributed by atoms with van der Waals surface area (Å²) in [5.41, 5.74) is 6.56. The number of hydrogen-bond donors (Lipinski definition) is 3. The summed E-state index contributed by atoms with van der Waals surface area (Å²) in [4.78, 5) is 11.9. The summed E-state index contributed by atoms with van der Waals surface area (Å²) < 4.78 is 0. The van der Waals surface area contributed by atoms with Crippen molar-refractivity contribution in [3.05, 3.63) is 28.8 Å². The van der Waals surface area contributed by atoms with Crippen LogP contribution in [0.2, 0.25) is 5.02 Å². The van der Waals surface area contributed by atoms with Crippen molar-refractivity contribution in [1.82, 2.24) is 5.32 Å². The minimum absolute atomic E-state index is 0.212. The van der Waals surface area contributed by atoms with Gasteiger partial charge in [0.05, 0.1) is 11.7 Å². The van der Waals surface area contributed by atoms with E-state index in [0.29, 0.717) is 28.7 Å². The van der Waals surface area contributed by atoms with E-state index in [1.54, 1.807) is 18.2 Å². The Morgan fingerprint density at radius 3 is 2.94 bits per heavy atom. The van der Waals surface area contributed by atoms with Gasteiger partial charge in [-0.05, 0) is 43.4 Å². The molecule has 1 aromatic rings. The first-order chi connectivity index (χ1) is 8.56. The van der Waals surface area contributed by atoms with Crippen LogP contribution in [0.3, 0.4) is 0 Å². The summed E-state index contributed by atoms with van der Waals surface area (Å²) >= 11 is 5.84. The van der Waals surface area contributed by atoms with Gasteiger partial charge in [-0.2, -0.15) is 0 Å². The lowest BCUT2D eigenvalue weighted by molar-refractivity contribution is 0.0946. The minimum atomic E-state index is -0.219. The number of amides is 1. The van der Waals surface area contributed by atoms with E-state index in [0.717, 1.165) is 19.3 Å². The normalized spacial score (nSPS) is 23.0. The molecule has 18 heavy (non-hydrogen) atoms. The first-order valence-corrected chi connectivity index (χ1v) is 6.45. The van der Waals surface area contributed by atoms with E-state index < -0.39 is 0 Å². The van der Waals surface area contributed by atoms with E-state index in [4.69, 9.17) is 17.3 Å². The van der Waals surface area contributed by atoms with Gasteiger partial charge in [0.25, 0.3) is 5.91 Å². The number of carbonyl (C=O) groups excluding carboxylic acids is 1. The van der Waals surface area contributed by atoms with Crippen molar-refractivity contribution >= 4 is 23.2 Å². The summed E-state index contributed by atoms with van der Waals surface area (Å²) in [6.07, 6.45) is 2.31. The Kier molecular flexibility index (Phi) is 4.09. The van der Waals surface area contributed by atoms with E-state index in [2.05, 4.69) is 5.32 Å². The largest absolute Gasteiger partial charge is 0.398 e. The summed E-state index contributed by atoms with van der Waals surface area (Å²) in [7, 11) is 0. The molecule has 0 bridgehead atoms. The number of rotatable bonds is 3. The van der Waals surface area contributed by atoms with Crippen LogP contribution in [0.5, 0.6) is 0 Å². The van der Waals surface area contributed by atoms with Crippen LogP contribution in [0.1, 0.15) is 29.6 Å². The van der Waals surface area contributed by atoms with Crippen LogP contribution in [0.4, 0.5) is 5.69 Å². The fourth-order valence-corrected chi connectivity index (χ4v) is 2.46. The Balaban J connectivity index is 1.93. The van der Waals surface area contributed by atoms with Crippen LogP contribution >= 0.6 is 11.6 Å². The molecule has 0 saturated heterocycles. The maximum Gasteiger partial charge on any atom is 0.253 e. The zero-order chi connectivity index (χ0) is 13.1. The predicted molar refractivity (Wildman–Crippen MR) is 71.5 cm³/mol. The van der Waals surface area contributed by atoms with Crippen LogP contribution in [0.25, 0.3) is 0 Å².